The maximum absolute atomic E-state index is 10.7. The van der Waals surface area contributed by atoms with Gasteiger partial charge in [-0.2, -0.15) is 5.10 Å². The first-order chi connectivity index (χ1) is 12.9. The number of nitrogens with one attached hydrogen (secondary N) is 1. The molecular formula is C18H17BrCl2N2O4. The molecule has 0 unspecified atom stereocenters. The molecule has 0 radical (unpaired) electrons. The number of aliphatic carboxylic acids is 1. The summed E-state index contributed by atoms with van der Waals surface area (Å²) in [5.41, 5.74) is 4.38. The summed E-state index contributed by atoms with van der Waals surface area (Å²) in [5, 5.41) is 14.1. The summed E-state index contributed by atoms with van der Waals surface area (Å²) in [6.45, 7) is 2.13. The van der Waals surface area contributed by atoms with Gasteiger partial charge >= 0.3 is 5.97 Å². The molecule has 0 aliphatic heterocycles. The fourth-order valence-corrected chi connectivity index (χ4v) is 3.25. The van der Waals surface area contributed by atoms with Crippen molar-refractivity contribution in [2.24, 2.45) is 5.10 Å². The predicted molar refractivity (Wildman–Crippen MR) is 109 cm³/mol. The van der Waals surface area contributed by atoms with Crippen LogP contribution in [0.15, 0.2) is 39.9 Å². The van der Waals surface area contributed by atoms with Gasteiger partial charge in [-0.05, 0) is 52.7 Å². The first-order valence-corrected chi connectivity index (χ1v) is 9.47. The van der Waals surface area contributed by atoms with Crippen LogP contribution in [0.1, 0.15) is 18.1 Å². The van der Waals surface area contributed by atoms with Gasteiger partial charge in [-0.15, -0.1) is 0 Å². The van der Waals surface area contributed by atoms with E-state index in [0.29, 0.717) is 39.2 Å². The molecule has 2 aromatic carbocycles. The largest absolute Gasteiger partial charge is 0.490 e. The second kappa shape index (κ2) is 10.4. The Morgan fingerprint density at radius 3 is 2.63 bits per heavy atom. The molecule has 9 heteroatoms. The summed E-state index contributed by atoms with van der Waals surface area (Å²) in [4.78, 5) is 10.7. The Hall–Kier alpha value is -1.96. The van der Waals surface area contributed by atoms with E-state index in [-0.39, 0.29) is 0 Å². The van der Waals surface area contributed by atoms with Crippen molar-refractivity contribution < 1.29 is 19.4 Å². The number of carboxylic acid groups (broad SMARTS) is 1. The van der Waals surface area contributed by atoms with E-state index in [2.05, 4.69) is 26.5 Å². The van der Waals surface area contributed by atoms with E-state index in [0.717, 1.165) is 11.1 Å². The molecule has 0 amide bonds. The molecule has 6 nitrogen and oxygen atoms in total. The zero-order valence-electron chi connectivity index (χ0n) is 14.3. The fraction of sp³-hybridized carbons (Fsp3) is 0.222. The maximum Gasteiger partial charge on any atom is 0.341 e. The van der Waals surface area contributed by atoms with E-state index >= 15 is 0 Å². The number of carbonyl (C=O) groups is 1. The fourth-order valence-electron chi connectivity index (χ4n) is 2.15. The lowest BCUT2D eigenvalue weighted by Gasteiger charge is -2.13. The number of carboxylic acids is 1. The highest BCUT2D eigenvalue weighted by Crippen LogP contribution is 2.36. The highest BCUT2D eigenvalue weighted by atomic mass is 79.9. The third-order valence-electron chi connectivity index (χ3n) is 3.29. The van der Waals surface area contributed by atoms with Gasteiger partial charge in [-0.25, -0.2) is 4.79 Å². The summed E-state index contributed by atoms with van der Waals surface area (Å²) in [5.74, 6) is -0.326. The van der Waals surface area contributed by atoms with Crippen molar-refractivity contribution in [2.75, 3.05) is 13.2 Å². The number of rotatable bonds is 9. The minimum absolute atomic E-state index is 0.326. The molecule has 0 bridgehead atoms. The van der Waals surface area contributed by atoms with Gasteiger partial charge in [-0.3, -0.25) is 0 Å². The zero-order valence-corrected chi connectivity index (χ0v) is 17.4. The Kier molecular flexibility index (Phi) is 8.22. The van der Waals surface area contributed by atoms with E-state index < -0.39 is 12.6 Å². The average molecular weight is 476 g/mol. The van der Waals surface area contributed by atoms with Crippen LogP contribution in [0.4, 0.5) is 0 Å². The number of hydrogen-bond donors (Lipinski definition) is 2. The molecule has 0 aliphatic carbocycles. The molecule has 0 saturated carbocycles. The molecule has 2 N–H and O–H groups in total. The van der Waals surface area contributed by atoms with Gasteiger partial charge in [0.15, 0.2) is 18.1 Å². The lowest BCUT2D eigenvalue weighted by Crippen LogP contribution is -2.11. The second-order valence-electron chi connectivity index (χ2n) is 5.24. The molecule has 0 heterocycles. The minimum atomic E-state index is -1.07. The smallest absolute Gasteiger partial charge is 0.341 e. The summed E-state index contributed by atoms with van der Waals surface area (Å²) in [6, 6.07) is 8.75. The molecule has 27 heavy (non-hydrogen) atoms. The minimum Gasteiger partial charge on any atom is -0.490 e. The van der Waals surface area contributed by atoms with Gasteiger partial charge in [0.2, 0.25) is 0 Å². The molecule has 0 saturated heterocycles. The van der Waals surface area contributed by atoms with E-state index in [9.17, 15) is 4.79 Å². The molecular weight excluding hydrogens is 459 g/mol. The van der Waals surface area contributed by atoms with Crippen LogP contribution in [-0.4, -0.2) is 30.5 Å². The topological polar surface area (TPSA) is 80.1 Å². The monoisotopic (exact) mass is 474 g/mol. The first kappa shape index (κ1) is 21.3. The number of ether oxygens (including phenoxy) is 2. The molecule has 2 rings (SSSR count). The number of nitrogens with zero attached hydrogens (tertiary/aromatic N) is 1. The number of halogens is 3. The molecule has 144 valence electrons. The Balaban J connectivity index is 2.11. The van der Waals surface area contributed by atoms with Crippen molar-refractivity contribution in [2.45, 2.75) is 13.5 Å². The van der Waals surface area contributed by atoms with Gasteiger partial charge in [0.25, 0.3) is 0 Å². The molecule has 0 spiro atoms. The molecule has 0 aromatic heterocycles. The van der Waals surface area contributed by atoms with Crippen molar-refractivity contribution in [3.63, 3.8) is 0 Å². The van der Waals surface area contributed by atoms with Crippen LogP contribution >= 0.6 is 39.1 Å². The third kappa shape index (κ3) is 6.30. The normalized spacial score (nSPS) is 10.8. The Morgan fingerprint density at radius 1 is 1.30 bits per heavy atom. The van der Waals surface area contributed by atoms with Crippen LogP contribution in [0, 0.1) is 0 Å². The summed E-state index contributed by atoms with van der Waals surface area (Å²) in [7, 11) is 0. The van der Waals surface area contributed by atoms with Gasteiger partial charge in [0.05, 0.1) is 23.8 Å². The van der Waals surface area contributed by atoms with Crippen molar-refractivity contribution in [1.29, 1.82) is 0 Å². The van der Waals surface area contributed by atoms with E-state index in [1.54, 1.807) is 36.5 Å². The van der Waals surface area contributed by atoms with Crippen LogP contribution in [0.3, 0.4) is 0 Å². The van der Waals surface area contributed by atoms with Gasteiger partial charge in [0.1, 0.15) is 0 Å². The third-order valence-corrected chi connectivity index (χ3v) is 4.59. The Morgan fingerprint density at radius 2 is 2.00 bits per heavy atom. The van der Waals surface area contributed by atoms with Gasteiger partial charge < -0.3 is 20.0 Å². The Bertz CT molecular complexity index is 826. The molecule has 2 aromatic rings. The number of benzene rings is 2. The van der Waals surface area contributed by atoms with Crippen LogP contribution in [0.5, 0.6) is 11.5 Å². The Labute approximate surface area is 175 Å². The van der Waals surface area contributed by atoms with Gasteiger partial charge in [0, 0.05) is 15.6 Å². The molecule has 0 atom stereocenters. The highest BCUT2D eigenvalue weighted by molar-refractivity contribution is 9.10. The summed E-state index contributed by atoms with van der Waals surface area (Å²) in [6.07, 6.45) is 1.60. The maximum atomic E-state index is 10.7. The lowest BCUT2D eigenvalue weighted by molar-refractivity contribution is -0.139. The number of hydrazone groups is 1. The summed E-state index contributed by atoms with van der Waals surface area (Å²) < 4.78 is 11.4. The molecule has 0 fully saturated rings. The van der Waals surface area contributed by atoms with E-state index in [1.165, 1.54) is 0 Å². The highest BCUT2D eigenvalue weighted by Gasteiger charge is 2.13. The number of hydrogen-bond acceptors (Lipinski definition) is 5. The quantitative estimate of drug-likeness (QED) is 0.404. The van der Waals surface area contributed by atoms with Crippen molar-refractivity contribution in [3.05, 3.63) is 56.0 Å². The average Bonchev–Trinajstić information content (AvgIpc) is 2.60. The van der Waals surface area contributed by atoms with Crippen molar-refractivity contribution in [1.82, 2.24) is 5.43 Å². The van der Waals surface area contributed by atoms with Crippen LogP contribution in [0.2, 0.25) is 10.0 Å². The van der Waals surface area contributed by atoms with Crippen LogP contribution in [0.25, 0.3) is 0 Å². The lowest BCUT2D eigenvalue weighted by atomic mass is 10.2. The SMILES string of the molecule is CCOc1cc(/C=N\NCc2c(Cl)cccc2Cl)cc(Br)c1OCC(=O)O. The second-order valence-corrected chi connectivity index (χ2v) is 6.91. The van der Waals surface area contributed by atoms with Crippen LogP contribution in [-0.2, 0) is 11.3 Å². The molecule has 0 aliphatic rings. The predicted octanol–water partition coefficient (Wildman–Crippen LogP) is 4.74. The van der Waals surface area contributed by atoms with Crippen molar-refractivity contribution in [3.8, 4) is 11.5 Å². The van der Waals surface area contributed by atoms with E-state index in [4.69, 9.17) is 37.8 Å². The summed E-state index contributed by atoms with van der Waals surface area (Å²) >= 11 is 15.6. The first-order valence-electron chi connectivity index (χ1n) is 7.92. The van der Waals surface area contributed by atoms with Crippen LogP contribution < -0.4 is 14.9 Å². The van der Waals surface area contributed by atoms with Gasteiger partial charge in [-0.1, -0.05) is 29.3 Å². The van der Waals surface area contributed by atoms with E-state index in [1.807, 2.05) is 6.92 Å². The standard InChI is InChI=1S/C18H17BrCl2N2O4/c1-2-26-16-7-11(6-13(19)18(16)27-10-17(24)25)8-22-23-9-12-14(20)4-3-5-15(12)21/h3-8,23H,2,9-10H2,1H3,(H,24,25)/b22-8-. The van der Waals surface area contributed by atoms with Crippen molar-refractivity contribution >= 4 is 51.3 Å². The zero-order chi connectivity index (χ0) is 19.8.